The van der Waals surface area contributed by atoms with Gasteiger partial charge in [0, 0.05) is 42.3 Å². The molecule has 0 spiro atoms. The second kappa shape index (κ2) is 10.0. The quantitative estimate of drug-likeness (QED) is 0.429. The number of likely N-dealkylation sites (tertiary alicyclic amines) is 2. The molecule has 9 heteroatoms. The summed E-state index contributed by atoms with van der Waals surface area (Å²) in [6.07, 6.45) is 3.65. The number of hydrogen-bond donors (Lipinski definition) is 4. The zero-order valence-corrected chi connectivity index (χ0v) is 21.0. The van der Waals surface area contributed by atoms with E-state index < -0.39 is 5.92 Å². The Hall–Kier alpha value is -4.01. The van der Waals surface area contributed by atoms with Crippen LogP contribution in [0, 0.1) is 11.8 Å². The minimum Gasteiger partial charge on any atom is -0.508 e. The largest absolute Gasteiger partial charge is 0.508 e. The van der Waals surface area contributed by atoms with Gasteiger partial charge in [-0.15, -0.1) is 0 Å². The van der Waals surface area contributed by atoms with Crippen LogP contribution in [-0.4, -0.2) is 60.0 Å². The van der Waals surface area contributed by atoms with Crippen molar-refractivity contribution < 1.29 is 34.8 Å². The number of carbonyl (C=O) groups excluding carboxylic acids is 3. The van der Waals surface area contributed by atoms with E-state index in [0.29, 0.717) is 49.7 Å². The third-order valence-corrected chi connectivity index (χ3v) is 8.15. The van der Waals surface area contributed by atoms with Crippen molar-refractivity contribution in [3.63, 3.8) is 0 Å². The SMILES string of the molecule is C=C1CC(Cc2ccc(O)cc2O)C(=O)N1C1CCC(N2C(=O)CC(Cc3ccc(O)cc3O)C2=O)CC1. The van der Waals surface area contributed by atoms with Crippen LogP contribution in [0.3, 0.4) is 0 Å². The third kappa shape index (κ3) is 4.80. The predicted molar refractivity (Wildman–Crippen MR) is 137 cm³/mol. The fraction of sp³-hybridized carbons (Fsp3) is 0.414. The first-order valence-corrected chi connectivity index (χ1v) is 13.0. The number of allylic oxidation sites excluding steroid dienone is 1. The lowest BCUT2D eigenvalue weighted by Crippen LogP contribution is -2.46. The van der Waals surface area contributed by atoms with Gasteiger partial charge in [0.2, 0.25) is 17.7 Å². The van der Waals surface area contributed by atoms with Crippen LogP contribution in [0.5, 0.6) is 23.0 Å². The molecule has 2 aliphatic heterocycles. The summed E-state index contributed by atoms with van der Waals surface area (Å²) in [6, 6.07) is 8.33. The maximum Gasteiger partial charge on any atom is 0.233 e. The van der Waals surface area contributed by atoms with Crippen LogP contribution >= 0.6 is 0 Å². The van der Waals surface area contributed by atoms with Gasteiger partial charge < -0.3 is 25.3 Å². The van der Waals surface area contributed by atoms with Crippen molar-refractivity contribution in [2.75, 3.05) is 0 Å². The van der Waals surface area contributed by atoms with Crippen LogP contribution in [0.25, 0.3) is 0 Å². The van der Waals surface area contributed by atoms with Gasteiger partial charge in [0.1, 0.15) is 23.0 Å². The molecule has 200 valence electrons. The second-order valence-corrected chi connectivity index (χ2v) is 10.7. The summed E-state index contributed by atoms with van der Waals surface area (Å²) in [5.41, 5.74) is 1.85. The van der Waals surface area contributed by atoms with E-state index in [2.05, 4.69) is 6.58 Å². The van der Waals surface area contributed by atoms with E-state index in [4.69, 9.17) is 0 Å². The summed E-state index contributed by atoms with van der Waals surface area (Å²) < 4.78 is 0. The van der Waals surface area contributed by atoms with E-state index in [9.17, 15) is 34.8 Å². The fourth-order valence-electron chi connectivity index (χ4n) is 6.23. The fourth-order valence-corrected chi connectivity index (χ4v) is 6.23. The Bertz CT molecular complexity index is 1200. The predicted octanol–water partition coefficient (Wildman–Crippen LogP) is 3.34. The van der Waals surface area contributed by atoms with E-state index in [1.54, 1.807) is 17.0 Å². The minimum atomic E-state index is -0.548. The average molecular weight is 521 g/mol. The Kier molecular flexibility index (Phi) is 6.77. The molecule has 3 aliphatic rings. The second-order valence-electron chi connectivity index (χ2n) is 10.7. The van der Waals surface area contributed by atoms with E-state index in [-0.39, 0.29) is 71.6 Å². The van der Waals surface area contributed by atoms with Crippen LogP contribution in [0.1, 0.15) is 49.7 Å². The number of amides is 3. The van der Waals surface area contributed by atoms with Gasteiger partial charge >= 0.3 is 0 Å². The summed E-state index contributed by atoms with van der Waals surface area (Å²) >= 11 is 0. The molecule has 2 unspecified atom stereocenters. The first kappa shape index (κ1) is 25.6. The van der Waals surface area contributed by atoms with Crippen LogP contribution in [0.15, 0.2) is 48.7 Å². The first-order chi connectivity index (χ1) is 18.1. The number of nitrogens with zero attached hydrogens (tertiary/aromatic N) is 2. The van der Waals surface area contributed by atoms with Crippen molar-refractivity contribution in [2.45, 2.75) is 63.5 Å². The van der Waals surface area contributed by atoms with Crippen molar-refractivity contribution in [3.05, 3.63) is 59.8 Å². The van der Waals surface area contributed by atoms with Gasteiger partial charge in [-0.3, -0.25) is 19.3 Å². The molecule has 1 aliphatic carbocycles. The molecule has 3 fully saturated rings. The average Bonchev–Trinajstić information content (AvgIpc) is 3.30. The van der Waals surface area contributed by atoms with E-state index in [1.165, 1.54) is 29.2 Å². The molecule has 2 atom stereocenters. The molecule has 0 radical (unpaired) electrons. The van der Waals surface area contributed by atoms with Gasteiger partial charge in [-0.2, -0.15) is 0 Å². The summed E-state index contributed by atoms with van der Waals surface area (Å²) in [5, 5.41) is 39.2. The Morgan fingerprint density at radius 3 is 1.63 bits per heavy atom. The lowest BCUT2D eigenvalue weighted by molar-refractivity contribution is -0.144. The highest BCUT2D eigenvalue weighted by molar-refractivity contribution is 6.04. The monoisotopic (exact) mass is 520 g/mol. The number of phenolic OH excluding ortho intramolecular Hbond substituents is 4. The van der Waals surface area contributed by atoms with Gasteiger partial charge in [0.05, 0.1) is 5.92 Å². The highest BCUT2D eigenvalue weighted by atomic mass is 16.3. The van der Waals surface area contributed by atoms with Gasteiger partial charge in [0.15, 0.2) is 0 Å². The molecule has 9 nitrogen and oxygen atoms in total. The molecule has 0 bridgehead atoms. The molecule has 5 rings (SSSR count). The smallest absolute Gasteiger partial charge is 0.233 e. The van der Waals surface area contributed by atoms with Crippen LogP contribution in [0.2, 0.25) is 0 Å². The van der Waals surface area contributed by atoms with Gasteiger partial charge in [0.25, 0.3) is 0 Å². The first-order valence-electron chi connectivity index (χ1n) is 13.0. The van der Waals surface area contributed by atoms with E-state index in [0.717, 1.165) is 5.70 Å². The Morgan fingerprint density at radius 2 is 1.13 bits per heavy atom. The zero-order valence-electron chi connectivity index (χ0n) is 21.0. The van der Waals surface area contributed by atoms with Crippen LogP contribution in [0.4, 0.5) is 0 Å². The van der Waals surface area contributed by atoms with Gasteiger partial charge in [-0.05, 0) is 68.2 Å². The summed E-state index contributed by atoms with van der Waals surface area (Å²) in [5.74, 6) is -1.61. The number of aromatic hydroxyl groups is 4. The normalized spacial score (nSPS) is 26.0. The number of imide groups is 1. The molecule has 2 aromatic carbocycles. The summed E-state index contributed by atoms with van der Waals surface area (Å²) in [7, 11) is 0. The van der Waals surface area contributed by atoms with Gasteiger partial charge in [-0.1, -0.05) is 18.7 Å². The molecule has 2 saturated heterocycles. The lowest BCUT2D eigenvalue weighted by Gasteiger charge is -2.38. The number of carbonyl (C=O) groups is 3. The number of phenols is 4. The number of hydrogen-bond acceptors (Lipinski definition) is 7. The standard InChI is InChI=1S/C29H32N2O7/c1-16-10-19(11-17-2-8-23(32)14-25(17)34)28(37)30(16)21-4-6-22(7-5-21)31-27(36)13-20(29(31)38)12-18-3-9-24(33)15-26(18)35/h2-3,8-9,14-15,19-22,32-35H,1,4-7,10-13H2. The van der Waals surface area contributed by atoms with Crippen molar-refractivity contribution in [1.82, 2.24) is 9.80 Å². The van der Waals surface area contributed by atoms with Crippen molar-refractivity contribution in [3.8, 4) is 23.0 Å². The maximum absolute atomic E-state index is 13.3. The zero-order chi connectivity index (χ0) is 27.1. The molecule has 38 heavy (non-hydrogen) atoms. The lowest BCUT2D eigenvalue weighted by atomic mass is 9.89. The molecular formula is C29H32N2O7. The molecule has 1 saturated carbocycles. The third-order valence-electron chi connectivity index (χ3n) is 8.15. The van der Waals surface area contributed by atoms with Crippen molar-refractivity contribution in [1.29, 1.82) is 0 Å². The number of benzene rings is 2. The van der Waals surface area contributed by atoms with Crippen LogP contribution < -0.4 is 0 Å². The highest BCUT2D eigenvalue weighted by Gasteiger charge is 2.45. The highest BCUT2D eigenvalue weighted by Crippen LogP contribution is 2.39. The summed E-state index contributed by atoms with van der Waals surface area (Å²) in [6.45, 7) is 4.12. The van der Waals surface area contributed by atoms with Crippen LogP contribution in [-0.2, 0) is 27.2 Å². The Morgan fingerprint density at radius 1 is 0.684 bits per heavy atom. The molecule has 3 amide bonds. The molecule has 2 aromatic rings. The molecule has 0 aromatic heterocycles. The number of rotatable bonds is 6. The minimum absolute atomic E-state index is 0.0342. The molecule has 4 N–H and O–H groups in total. The topological polar surface area (TPSA) is 139 Å². The Labute approximate surface area is 220 Å². The van der Waals surface area contributed by atoms with Crippen molar-refractivity contribution >= 4 is 17.7 Å². The summed E-state index contributed by atoms with van der Waals surface area (Å²) in [4.78, 5) is 42.4. The molecular weight excluding hydrogens is 488 g/mol. The maximum atomic E-state index is 13.3. The van der Waals surface area contributed by atoms with E-state index in [1.807, 2.05) is 0 Å². The Balaban J connectivity index is 1.19. The van der Waals surface area contributed by atoms with E-state index >= 15 is 0 Å². The van der Waals surface area contributed by atoms with Crippen molar-refractivity contribution in [2.24, 2.45) is 11.8 Å². The van der Waals surface area contributed by atoms with Gasteiger partial charge in [-0.25, -0.2) is 0 Å². The molecule has 2 heterocycles.